The Morgan fingerprint density at radius 1 is 1.19 bits per heavy atom. The lowest BCUT2D eigenvalue weighted by atomic mass is 10.1. The summed E-state index contributed by atoms with van der Waals surface area (Å²) >= 11 is 0. The molecule has 0 radical (unpaired) electrons. The third-order valence-electron chi connectivity index (χ3n) is 2.33. The molecule has 3 nitrogen and oxygen atoms in total. The van der Waals surface area contributed by atoms with Crippen molar-refractivity contribution in [3.05, 3.63) is 54.2 Å². The fraction of sp³-hybridized carbons (Fsp3) is 0.154. The minimum Gasteiger partial charge on any atom is -0.486 e. The van der Waals surface area contributed by atoms with E-state index in [0.29, 0.717) is 5.82 Å². The second kappa shape index (κ2) is 4.66. The molecule has 1 atom stereocenters. The fourth-order valence-corrected chi connectivity index (χ4v) is 1.50. The van der Waals surface area contributed by atoms with E-state index < -0.39 is 0 Å². The van der Waals surface area contributed by atoms with Gasteiger partial charge in [0, 0.05) is 12.3 Å². The number of anilines is 1. The summed E-state index contributed by atoms with van der Waals surface area (Å²) in [6.07, 6.45) is 1.64. The normalized spacial score (nSPS) is 12.1. The second-order valence-electron chi connectivity index (χ2n) is 3.59. The van der Waals surface area contributed by atoms with E-state index in [4.69, 9.17) is 10.5 Å². The van der Waals surface area contributed by atoms with E-state index in [1.54, 1.807) is 18.3 Å². The van der Waals surface area contributed by atoms with Crippen molar-refractivity contribution in [1.82, 2.24) is 4.98 Å². The van der Waals surface area contributed by atoms with Gasteiger partial charge >= 0.3 is 0 Å². The second-order valence-corrected chi connectivity index (χ2v) is 3.59. The zero-order chi connectivity index (χ0) is 11.4. The van der Waals surface area contributed by atoms with Gasteiger partial charge < -0.3 is 10.5 Å². The van der Waals surface area contributed by atoms with E-state index in [2.05, 4.69) is 4.98 Å². The minimum absolute atomic E-state index is 0.00278. The Labute approximate surface area is 94.9 Å². The number of aromatic nitrogens is 1. The van der Waals surface area contributed by atoms with Crippen LogP contribution < -0.4 is 10.5 Å². The van der Waals surface area contributed by atoms with Crippen molar-refractivity contribution in [3.8, 4) is 5.75 Å². The topological polar surface area (TPSA) is 48.1 Å². The number of hydrogen-bond donors (Lipinski definition) is 1. The standard InChI is InChI=1S/C13H14N2O/c1-10(11-5-3-2-4-6-11)16-12-7-8-15-13(14)9-12/h2-10H,1H3,(H2,14,15). The molecule has 2 rings (SSSR count). The first-order valence-corrected chi connectivity index (χ1v) is 5.19. The number of ether oxygens (including phenoxy) is 1. The number of benzene rings is 1. The minimum atomic E-state index is 0.00278. The molecule has 0 aliphatic heterocycles. The maximum absolute atomic E-state index is 5.76. The number of pyridine rings is 1. The Morgan fingerprint density at radius 3 is 2.62 bits per heavy atom. The van der Waals surface area contributed by atoms with Crippen LogP contribution in [-0.2, 0) is 0 Å². The van der Waals surface area contributed by atoms with Gasteiger partial charge in [0.25, 0.3) is 0 Å². The van der Waals surface area contributed by atoms with Crippen LogP contribution in [0.2, 0.25) is 0 Å². The largest absolute Gasteiger partial charge is 0.486 e. The smallest absolute Gasteiger partial charge is 0.126 e. The Bertz CT molecular complexity index is 456. The summed E-state index contributed by atoms with van der Waals surface area (Å²) in [7, 11) is 0. The molecule has 0 saturated heterocycles. The lowest BCUT2D eigenvalue weighted by Crippen LogP contribution is -2.03. The molecule has 1 aromatic heterocycles. The lowest BCUT2D eigenvalue weighted by molar-refractivity contribution is 0.227. The van der Waals surface area contributed by atoms with E-state index in [-0.39, 0.29) is 6.10 Å². The predicted octanol–water partition coefficient (Wildman–Crippen LogP) is 2.80. The van der Waals surface area contributed by atoms with E-state index in [9.17, 15) is 0 Å². The zero-order valence-corrected chi connectivity index (χ0v) is 9.13. The molecule has 1 heterocycles. The summed E-state index contributed by atoms with van der Waals surface area (Å²) in [5, 5.41) is 0. The molecule has 1 unspecified atom stereocenters. The van der Waals surface area contributed by atoms with Crippen LogP contribution in [0.5, 0.6) is 5.75 Å². The summed E-state index contributed by atoms with van der Waals surface area (Å²) in [6.45, 7) is 2.01. The number of nitrogens with zero attached hydrogens (tertiary/aromatic N) is 1. The van der Waals surface area contributed by atoms with Gasteiger partial charge in [0.1, 0.15) is 17.7 Å². The third-order valence-corrected chi connectivity index (χ3v) is 2.33. The Kier molecular flexibility index (Phi) is 3.05. The van der Waals surface area contributed by atoms with Gasteiger partial charge in [0.15, 0.2) is 0 Å². The van der Waals surface area contributed by atoms with Gasteiger partial charge in [-0.2, -0.15) is 0 Å². The molecule has 16 heavy (non-hydrogen) atoms. The fourth-order valence-electron chi connectivity index (χ4n) is 1.50. The molecule has 1 aromatic carbocycles. The number of nitrogen functional groups attached to an aromatic ring is 1. The molecule has 0 saturated carbocycles. The average molecular weight is 214 g/mol. The highest BCUT2D eigenvalue weighted by Crippen LogP contribution is 2.21. The maximum Gasteiger partial charge on any atom is 0.126 e. The van der Waals surface area contributed by atoms with Crippen molar-refractivity contribution in [2.45, 2.75) is 13.0 Å². The molecule has 82 valence electrons. The molecule has 0 spiro atoms. The Hall–Kier alpha value is -2.03. The Morgan fingerprint density at radius 2 is 1.94 bits per heavy atom. The summed E-state index contributed by atoms with van der Waals surface area (Å²) in [5.41, 5.74) is 6.72. The molecular formula is C13H14N2O. The van der Waals surface area contributed by atoms with Crippen molar-refractivity contribution in [2.24, 2.45) is 0 Å². The third kappa shape index (κ3) is 2.51. The van der Waals surface area contributed by atoms with Gasteiger partial charge in [-0.05, 0) is 18.6 Å². The summed E-state index contributed by atoms with van der Waals surface area (Å²) < 4.78 is 5.76. The van der Waals surface area contributed by atoms with Crippen molar-refractivity contribution in [2.75, 3.05) is 5.73 Å². The van der Waals surface area contributed by atoms with Gasteiger partial charge in [0.2, 0.25) is 0 Å². The number of hydrogen-bond acceptors (Lipinski definition) is 3. The molecular weight excluding hydrogens is 200 g/mol. The van der Waals surface area contributed by atoms with E-state index in [1.165, 1.54) is 0 Å². The molecule has 0 fully saturated rings. The summed E-state index contributed by atoms with van der Waals surface area (Å²) in [6, 6.07) is 13.6. The average Bonchev–Trinajstić information content (AvgIpc) is 2.30. The van der Waals surface area contributed by atoms with Crippen LogP contribution in [0.1, 0.15) is 18.6 Å². The quantitative estimate of drug-likeness (QED) is 0.854. The van der Waals surface area contributed by atoms with Crippen LogP contribution in [0.4, 0.5) is 5.82 Å². The van der Waals surface area contributed by atoms with E-state index >= 15 is 0 Å². The van der Waals surface area contributed by atoms with Gasteiger partial charge in [-0.25, -0.2) is 4.98 Å². The SMILES string of the molecule is CC(Oc1ccnc(N)c1)c1ccccc1. The van der Waals surface area contributed by atoms with Crippen molar-refractivity contribution in [3.63, 3.8) is 0 Å². The van der Waals surface area contributed by atoms with Crippen LogP contribution in [-0.4, -0.2) is 4.98 Å². The molecule has 0 aliphatic rings. The van der Waals surface area contributed by atoms with Gasteiger partial charge in [-0.3, -0.25) is 0 Å². The van der Waals surface area contributed by atoms with Crippen LogP contribution in [0.15, 0.2) is 48.7 Å². The van der Waals surface area contributed by atoms with Crippen LogP contribution in [0.3, 0.4) is 0 Å². The van der Waals surface area contributed by atoms with Crippen LogP contribution >= 0.6 is 0 Å². The maximum atomic E-state index is 5.76. The lowest BCUT2D eigenvalue weighted by Gasteiger charge is -2.14. The van der Waals surface area contributed by atoms with E-state index in [0.717, 1.165) is 11.3 Å². The van der Waals surface area contributed by atoms with Gasteiger partial charge in [-0.1, -0.05) is 30.3 Å². The molecule has 2 N–H and O–H groups in total. The summed E-state index contributed by atoms with van der Waals surface area (Å²) in [4.78, 5) is 3.92. The van der Waals surface area contributed by atoms with Crippen molar-refractivity contribution >= 4 is 5.82 Å². The first-order valence-electron chi connectivity index (χ1n) is 5.19. The number of nitrogens with two attached hydrogens (primary N) is 1. The monoisotopic (exact) mass is 214 g/mol. The molecule has 0 bridgehead atoms. The molecule has 0 amide bonds. The predicted molar refractivity (Wildman–Crippen MR) is 64.1 cm³/mol. The molecule has 2 aromatic rings. The van der Waals surface area contributed by atoms with Gasteiger partial charge in [-0.15, -0.1) is 0 Å². The van der Waals surface area contributed by atoms with E-state index in [1.807, 2.05) is 37.3 Å². The van der Waals surface area contributed by atoms with Crippen LogP contribution in [0, 0.1) is 0 Å². The number of rotatable bonds is 3. The Balaban J connectivity index is 2.11. The first kappa shape index (κ1) is 10.5. The highest BCUT2D eigenvalue weighted by atomic mass is 16.5. The molecule has 3 heteroatoms. The summed E-state index contributed by atoms with van der Waals surface area (Å²) in [5.74, 6) is 1.21. The van der Waals surface area contributed by atoms with Gasteiger partial charge in [0.05, 0.1) is 0 Å². The molecule has 0 aliphatic carbocycles. The highest BCUT2D eigenvalue weighted by Gasteiger charge is 2.06. The van der Waals surface area contributed by atoms with Crippen LogP contribution in [0.25, 0.3) is 0 Å². The highest BCUT2D eigenvalue weighted by molar-refractivity contribution is 5.36. The zero-order valence-electron chi connectivity index (χ0n) is 9.13. The first-order chi connectivity index (χ1) is 7.75. The van der Waals surface area contributed by atoms with Crippen molar-refractivity contribution in [1.29, 1.82) is 0 Å². The van der Waals surface area contributed by atoms with Crippen molar-refractivity contribution < 1.29 is 4.74 Å².